The molecule has 0 saturated heterocycles. The lowest BCUT2D eigenvalue weighted by atomic mass is 9.84. The Morgan fingerprint density at radius 2 is 2.25 bits per heavy atom. The predicted molar refractivity (Wildman–Crippen MR) is 73.0 cm³/mol. The number of aliphatic carboxylic acids is 1. The number of nitrogens with one attached hydrogen (secondary N) is 1. The van der Waals surface area contributed by atoms with Crippen LogP contribution in [0.15, 0.2) is 6.33 Å². The third-order valence-electron chi connectivity index (χ3n) is 4.83. The largest absolute Gasteiger partial charge is 0.481 e. The summed E-state index contributed by atoms with van der Waals surface area (Å²) < 4.78 is 1.88. The van der Waals surface area contributed by atoms with Gasteiger partial charge in [-0.3, -0.25) is 4.79 Å². The topological polar surface area (TPSA) is 80.0 Å². The van der Waals surface area contributed by atoms with Gasteiger partial charge in [0.05, 0.1) is 12.5 Å². The summed E-state index contributed by atoms with van der Waals surface area (Å²) >= 11 is 0. The van der Waals surface area contributed by atoms with Gasteiger partial charge in [-0.2, -0.15) is 5.10 Å². The molecule has 6 nitrogen and oxygen atoms in total. The van der Waals surface area contributed by atoms with Crippen LogP contribution in [0.3, 0.4) is 0 Å². The molecule has 4 unspecified atom stereocenters. The summed E-state index contributed by atoms with van der Waals surface area (Å²) in [5, 5.41) is 17.1. The van der Waals surface area contributed by atoms with E-state index in [-0.39, 0.29) is 18.0 Å². The standard InChI is InChI=1S/C14H22N4O2/c1-8(2)18-11(16-7-17-18)6-15-13-10-4-3-9(5-10)12(13)14(19)20/h7-10,12-13,15H,3-6H2,1-2H3,(H,19,20). The molecule has 0 aromatic carbocycles. The molecule has 4 atom stereocenters. The van der Waals surface area contributed by atoms with Crippen molar-refractivity contribution in [2.45, 2.75) is 51.7 Å². The van der Waals surface area contributed by atoms with Crippen LogP contribution in [0.1, 0.15) is 45.0 Å². The van der Waals surface area contributed by atoms with E-state index in [4.69, 9.17) is 0 Å². The molecule has 1 heterocycles. The van der Waals surface area contributed by atoms with Gasteiger partial charge < -0.3 is 10.4 Å². The zero-order chi connectivity index (χ0) is 14.3. The fraction of sp³-hybridized carbons (Fsp3) is 0.786. The Morgan fingerprint density at radius 3 is 2.95 bits per heavy atom. The van der Waals surface area contributed by atoms with Crippen molar-refractivity contribution in [3.63, 3.8) is 0 Å². The van der Waals surface area contributed by atoms with E-state index in [0.29, 0.717) is 18.4 Å². The van der Waals surface area contributed by atoms with E-state index in [1.165, 1.54) is 0 Å². The Labute approximate surface area is 118 Å². The highest BCUT2D eigenvalue weighted by Crippen LogP contribution is 2.48. The highest BCUT2D eigenvalue weighted by atomic mass is 16.4. The number of rotatable bonds is 5. The van der Waals surface area contributed by atoms with Gasteiger partial charge in [-0.25, -0.2) is 9.67 Å². The van der Waals surface area contributed by atoms with Crippen molar-refractivity contribution in [1.29, 1.82) is 0 Å². The molecule has 0 radical (unpaired) electrons. The number of carboxylic acid groups (broad SMARTS) is 1. The van der Waals surface area contributed by atoms with Gasteiger partial charge in [0, 0.05) is 12.1 Å². The van der Waals surface area contributed by atoms with Crippen LogP contribution in [-0.4, -0.2) is 31.9 Å². The van der Waals surface area contributed by atoms with Crippen LogP contribution in [0.25, 0.3) is 0 Å². The molecule has 6 heteroatoms. The minimum atomic E-state index is -0.653. The SMILES string of the molecule is CC(C)n1ncnc1CNC1C2CCC(C2)C1C(=O)O. The first kappa shape index (κ1) is 13.5. The molecule has 1 aromatic heterocycles. The fourth-order valence-electron chi connectivity index (χ4n) is 3.98. The third kappa shape index (κ3) is 2.22. The fourth-order valence-corrected chi connectivity index (χ4v) is 3.98. The van der Waals surface area contributed by atoms with Crippen molar-refractivity contribution < 1.29 is 9.90 Å². The maximum atomic E-state index is 11.5. The summed E-state index contributed by atoms with van der Waals surface area (Å²) in [5.41, 5.74) is 0. The molecular weight excluding hydrogens is 256 g/mol. The molecular formula is C14H22N4O2. The van der Waals surface area contributed by atoms with Gasteiger partial charge in [-0.15, -0.1) is 0 Å². The smallest absolute Gasteiger partial charge is 0.308 e. The molecule has 0 amide bonds. The molecule has 3 rings (SSSR count). The van der Waals surface area contributed by atoms with Gasteiger partial charge in [0.15, 0.2) is 0 Å². The Balaban J connectivity index is 1.68. The Morgan fingerprint density at radius 1 is 1.50 bits per heavy atom. The van der Waals surface area contributed by atoms with Crippen LogP contribution < -0.4 is 5.32 Å². The summed E-state index contributed by atoms with van der Waals surface area (Å²) in [7, 11) is 0. The molecule has 0 spiro atoms. The van der Waals surface area contributed by atoms with Crippen LogP contribution in [0.5, 0.6) is 0 Å². The molecule has 110 valence electrons. The summed E-state index contributed by atoms with van der Waals surface area (Å²) in [6.45, 7) is 4.72. The zero-order valence-corrected chi connectivity index (χ0v) is 12.0. The number of fused-ring (bicyclic) bond motifs is 2. The van der Waals surface area contributed by atoms with Gasteiger partial charge in [-0.1, -0.05) is 0 Å². The lowest BCUT2D eigenvalue weighted by Crippen LogP contribution is -2.44. The first-order valence-electron chi connectivity index (χ1n) is 7.42. The number of nitrogens with zero attached hydrogens (tertiary/aromatic N) is 3. The minimum Gasteiger partial charge on any atom is -0.481 e. The number of hydrogen-bond acceptors (Lipinski definition) is 4. The highest BCUT2D eigenvalue weighted by Gasteiger charge is 2.50. The lowest BCUT2D eigenvalue weighted by Gasteiger charge is -2.29. The van der Waals surface area contributed by atoms with Crippen molar-refractivity contribution in [2.24, 2.45) is 17.8 Å². The van der Waals surface area contributed by atoms with Crippen molar-refractivity contribution in [2.75, 3.05) is 0 Å². The molecule has 2 aliphatic rings. The Kier molecular flexibility index (Phi) is 3.50. The minimum absolute atomic E-state index is 0.0866. The van der Waals surface area contributed by atoms with E-state index in [0.717, 1.165) is 25.1 Å². The maximum Gasteiger partial charge on any atom is 0.308 e. The number of carbonyl (C=O) groups is 1. The van der Waals surface area contributed by atoms with E-state index in [9.17, 15) is 9.90 Å². The first-order valence-corrected chi connectivity index (χ1v) is 7.42. The number of carboxylic acids is 1. The summed E-state index contributed by atoms with van der Waals surface area (Å²) in [5.74, 6) is 0.866. The van der Waals surface area contributed by atoms with E-state index in [1.54, 1.807) is 6.33 Å². The van der Waals surface area contributed by atoms with Crippen molar-refractivity contribution in [1.82, 2.24) is 20.1 Å². The Hall–Kier alpha value is -1.43. The normalized spacial score (nSPS) is 32.1. The second-order valence-corrected chi connectivity index (χ2v) is 6.32. The second kappa shape index (κ2) is 5.16. The van der Waals surface area contributed by atoms with Gasteiger partial charge in [-0.05, 0) is 44.9 Å². The monoisotopic (exact) mass is 278 g/mol. The van der Waals surface area contributed by atoms with Crippen LogP contribution in [0.4, 0.5) is 0 Å². The van der Waals surface area contributed by atoms with E-state index < -0.39 is 5.97 Å². The number of aromatic nitrogens is 3. The summed E-state index contributed by atoms with van der Waals surface area (Å²) in [4.78, 5) is 15.7. The highest BCUT2D eigenvalue weighted by molar-refractivity contribution is 5.72. The van der Waals surface area contributed by atoms with Crippen LogP contribution in [-0.2, 0) is 11.3 Å². The van der Waals surface area contributed by atoms with E-state index in [1.807, 2.05) is 4.68 Å². The van der Waals surface area contributed by atoms with Crippen molar-refractivity contribution in [3.05, 3.63) is 12.2 Å². The molecule has 0 aliphatic heterocycles. The quantitative estimate of drug-likeness (QED) is 0.852. The van der Waals surface area contributed by atoms with E-state index in [2.05, 4.69) is 29.2 Å². The van der Waals surface area contributed by atoms with Crippen LogP contribution in [0, 0.1) is 17.8 Å². The van der Waals surface area contributed by atoms with Gasteiger partial charge in [0.2, 0.25) is 0 Å². The molecule has 2 fully saturated rings. The predicted octanol–water partition coefficient (Wildman–Crippen LogP) is 1.45. The molecule has 2 bridgehead atoms. The van der Waals surface area contributed by atoms with Crippen molar-refractivity contribution in [3.8, 4) is 0 Å². The average molecular weight is 278 g/mol. The molecule has 2 saturated carbocycles. The maximum absolute atomic E-state index is 11.5. The average Bonchev–Trinajstić information content (AvgIpc) is 3.10. The third-order valence-corrected chi connectivity index (χ3v) is 4.83. The summed E-state index contributed by atoms with van der Waals surface area (Å²) in [6.07, 6.45) is 4.85. The van der Waals surface area contributed by atoms with Gasteiger partial charge >= 0.3 is 5.97 Å². The molecule has 2 N–H and O–H groups in total. The van der Waals surface area contributed by atoms with Crippen LogP contribution >= 0.6 is 0 Å². The Bertz CT molecular complexity index is 499. The lowest BCUT2D eigenvalue weighted by molar-refractivity contribution is -0.144. The van der Waals surface area contributed by atoms with Crippen LogP contribution in [0.2, 0.25) is 0 Å². The molecule has 20 heavy (non-hydrogen) atoms. The van der Waals surface area contributed by atoms with Gasteiger partial charge in [0.25, 0.3) is 0 Å². The summed E-state index contributed by atoms with van der Waals surface area (Å²) in [6, 6.07) is 0.355. The molecule has 2 aliphatic carbocycles. The zero-order valence-electron chi connectivity index (χ0n) is 12.0. The molecule has 1 aromatic rings. The number of hydrogen-bond donors (Lipinski definition) is 2. The van der Waals surface area contributed by atoms with Crippen molar-refractivity contribution >= 4 is 5.97 Å². The second-order valence-electron chi connectivity index (χ2n) is 6.32. The van der Waals surface area contributed by atoms with E-state index >= 15 is 0 Å². The first-order chi connectivity index (χ1) is 9.58. The van der Waals surface area contributed by atoms with Gasteiger partial charge in [0.1, 0.15) is 12.2 Å².